The fourth-order valence-corrected chi connectivity index (χ4v) is 5.29. The molecule has 0 saturated carbocycles. The number of sulfonamides is 1. The number of rotatable bonds is 7. The van der Waals surface area contributed by atoms with Gasteiger partial charge in [0.25, 0.3) is 0 Å². The van der Waals surface area contributed by atoms with Gasteiger partial charge in [-0.2, -0.15) is 16.5 Å². The molecule has 6 nitrogen and oxygen atoms in total. The third-order valence-corrected chi connectivity index (χ3v) is 7.30. The molecule has 1 atom stereocenters. The lowest BCUT2D eigenvalue weighted by atomic mass is 10.2. The van der Waals surface area contributed by atoms with E-state index in [4.69, 9.17) is 11.6 Å². The summed E-state index contributed by atoms with van der Waals surface area (Å²) in [4.78, 5) is 15.0. The van der Waals surface area contributed by atoms with E-state index in [-0.39, 0.29) is 4.90 Å². The molecule has 1 amide bonds. The number of nitrogens with one attached hydrogen (secondary N) is 2. The first kappa shape index (κ1) is 22.1. The van der Waals surface area contributed by atoms with E-state index in [0.29, 0.717) is 10.7 Å². The first-order chi connectivity index (χ1) is 13.8. The zero-order valence-corrected chi connectivity index (χ0v) is 18.5. The number of benzene rings is 2. The number of thioether (sulfide) groups is 1. The predicted molar refractivity (Wildman–Crippen MR) is 119 cm³/mol. The van der Waals surface area contributed by atoms with Crippen molar-refractivity contribution in [2.24, 2.45) is 0 Å². The second-order valence-electron chi connectivity index (χ2n) is 6.88. The van der Waals surface area contributed by atoms with Crippen LogP contribution in [0.3, 0.4) is 0 Å². The summed E-state index contributed by atoms with van der Waals surface area (Å²) >= 11 is 7.77. The molecule has 0 radical (unpaired) electrons. The highest BCUT2D eigenvalue weighted by molar-refractivity contribution is 7.99. The fraction of sp³-hybridized carbons (Fsp3) is 0.350. The summed E-state index contributed by atoms with van der Waals surface area (Å²) in [7, 11) is -3.82. The molecule has 0 aliphatic carbocycles. The molecule has 2 N–H and O–H groups in total. The molecule has 29 heavy (non-hydrogen) atoms. The highest BCUT2D eigenvalue weighted by Crippen LogP contribution is 2.17. The van der Waals surface area contributed by atoms with Crippen molar-refractivity contribution in [3.63, 3.8) is 0 Å². The Morgan fingerprint density at radius 2 is 1.86 bits per heavy atom. The summed E-state index contributed by atoms with van der Waals surface area (Å²) in [6.07, 6.45) is 0. The standard InChI is InChI=1S/C20H24ClN3O3S2/c1-15(23-29(26,27)19-7-5-17(21)6-8-19)20(25)22-18-4-2-3-16(13-18)14-24-9-11-28-12-10-24/h2-8,13,15,23H,9-12,14H2,1H3,(H,22,25)/t15-/m0/s1. The Bertz CT molecular complexity index is 946. The van der Waals surface area contributed by atoms with Gasteiger partial charge in [-0.25, -0.2) is 8.42 Å². The van der Waals surface area contributed by atoms with Crippen molar-refractivity contribution < 1.29 is 13.2 Å². The molecular formula is C20H24ClN3O3S2. The summed E-state index contributed by atoms with van der Waals surface area (Å²) < 4.78 is 27.3. The quantitative estimate of drug-likeness (QED) is 0.673. The molecule has 9 heteroatoms. The van der Waals surface area contributed by atoms with Gasteiger partial charge in [-0.05, 0) is 48.9 Å². The first-order valence-electron chi connectivity index (χ1n) is 9.31. The number of anilines is 1. The van der Waals surface area contributed by atoms with Crippen LogP contribution < -0.4 is 10.0 Å². The molecule has 1 heterocycles. The Kier molecular flexibility index (Phi) is 7.59. The van der Waals surface area contributed by atoms with Crippen LogP contribution in [0.5, 0.6) is 0 Å². The zero-order chi connectivity index (χ0) is 20.9. The van der Waals surface area contributed by atoms with Crippen molar-refractivity contribution in [2.45, 2.75) is 24.4 Å². The Hall–Kier alpha value is -1.58. The van der Waals surface area contributed by atoms with Crippen LogP contribution in [0.25, 0.3) is 0 Å². The summed E-state index contributed by atoms with van der Waals surface area (Å²) in [5, 5.41) is 3.24. The van der Waals surface area contributed by atoms with Crippen LogP contribution in [0.4, 0.5) is 5.69 Å². The van der Waals surface area contributed by atoms with Crippen LogP contribution in [0.1, 0.15) is 12.5 Å². The molecule has 1 fully saturated rings. The van der Waals surface area contributed by atoms with Crippen LogP contribution >= 0.6 is 23.4 Å². The monoisotopic (exact) mass is 453 g/mol. The Balaban J connectivity index is 1.60. The van der Waals surface area contributed by atoms with Gasteiger partial charge >= 0.3 is 0 Å². The fourth-order valence-electron chi connectivity index (χ4n) is 2.98. The maximum Gasteiger partial charge on any atom is 0.242 e. The van der Waals surface area contributed by atoms with Crippen LogP contribution in [-0.4, -0.2) is 49.9 Å². The number of amides is 1. The van der Waals surface area contributed by atoms with Crippen molar-refractivity contribution in [3.05, 3.63) is 59.1 Å². The van der Waals surface area contributed by atoms with Gasteiger partial charge in [0.1, 0.15) is 0 Å². The van der Waals surface area contributed by atoms with Crippen molar-refractivity contribution in [1.29, 1.82) is 0 Å². The summed E-state index contributed by atoms with van der Waals surface area (Å²) in [6.45, 7) is 4.47. The third-order valence-electron chi connectivity index (χ3n) is 4.55. The SMILES string of the molecule is C[C@H](NS(=O)(=O)c1ccc(Cl)cc1)C(=O)Nc1cccc(CN2CCSCC2)c1. The molecule has 2 aromatic carbocycles. The molecule has 1 aliphatic rings. The Morgan fingerprint density at radius 3 is 2.55 bits per heavy atom. The minimum absolute atomic E-state index is 0.0586. The van der Waals surface area contributed by atoms with Crippen molar-refractivity contribution >= 4 is 45.0 Å². The topological polar surface area (TPSA) is 78.5 Å². The van der Waals surface area contributed by atoms with Gasteiger partial charge in [-0.3, -0.25) is 9.69 Å². The molecule has 1 aliphatic heterocycles. The van der Waals surface area contributed by atoms with Crippen LogP contribution in [0, 0.1) is 0 Å². The van der Waals surface area contributed by atoms with Crippen LogP contribution in [0.2, 0.25) is 5.02 Å². The normalized spacial score (nSPS) is 16.3. The molecule has 0 bridgehead atoms. The number of carbonyl (C=O) groups excluding carboxylic acids is 1. The second-order valence-corrected chi connectivity index (χ2v) is 10.3. The van der Waals surface area contributed by atoms with Gasteiger partial charge in [-0.1, -0.05) is 23.7 Å². The maximum absolute atomic E-state index is 12.5. The smallest absolute Gasteiger partial charge is 0.242 e. The zero-order valence-electron chi connectivity index (χ0n) is 16.1. The van der Waals surface area contributed by atoms with Crippen molar-refractivity contribution in [3.8, 4) is 0 Å². The average Bonchev–Trinajstić information content (AvgIpc) is 2.69. The molecule has 1 saturated heterocycles. The lowest BCUT2D eigenvalue weighted by Crippen LogP contribution is -2.41. The molecule has 0 spiro atoms. The second kappa shape index (κ2) is 9.95. The van der Waals surface area contributed by atoms with Crippen molar-refractivity contribution in [2.75, 3.05) is 29.9 Å². The van der Waals surface area contributed by atoms with Gasteiger partial charge in [0.05, 0.1) is 10.9 Å². The maximum atomic E-state index is 12.5. The molecule has 156 valence electrons. The van der Waals surface area contributed by atoms with Crippen molar-refractivity contribution in [1.82, 2.24) is 9.62 Å². The van der Waals surface area contributed by atoms with Crippen LogP contribution in [0.15, 0.2) is 53.4 Å². The molecule has 0 unspecified atom stereocenters. The molecule has 0 aromatic heterocycles. The van der Waals surface area contributed by atoms with E-state index in [0.717, 1.165) is 36.7 Å². The Labute approximate surface area is 181 Å². The van der Waals surface area contributed by atoms with E-state index in [1.54, 1.807) is 6.07 Å². The van der Waals surface area contributed by atoms with E-state index in [1.807, 2.05) is 30.0 Å². The molecule has 3 rings (SSSR count). The van der Waals surface area contributed by atoms with Gasteiger partial charge in [0, 0.05) is 41.8 Å². The number of halogens is 1. The number of hydrogen-bond acceptors (Lipinski definition) is 5. The molecular weight excluding hydrogens is 430 g/mol. The largest absolute Gasteiger partial charge is 0.325 e. The van der Waals surface area contributed by atoms with Gasteiger partial charge in [0.15, 0.2) is 0 Å². The molecule has 2 aromatic rings. The highest BCUT2D eigenvalue weighted by Gasteiger charge is 2.22. The van der Waals surface area contributed by atoms with E-state index in [9.17, 15) is 13.2 Å². The Morgan fingerprint density at radius 1 is 1.17 bits per heavy atom. The van der Waals surface area contributed by atoms with E-state index >= 15 is 0 Å². The van der Waals surface area contributed by atoms with Gasteiger partial charge < -0.3 is 5.32 Å². The average molecular weight is 454 g/mol. The minimum Gasteiger partial charge on any atom is -0.325 e. The lowest BCUT2D eigenvalue weighted by Gasteiger charge is -2.26. The van der Waals surface area contributed by atoms with E-state index in [1.165, 1.54) is 31.2 Å². The highest BCUT2D eigenvalue weighted by atomic mass is 35.5. The number of nitrogens with zero attached hydrogens (tertiary/aromatic N) is 1. The lowest BCUT2D eigenvalue weighted by molar-refractivity contribution is -0.117. The number of carbonyl (C=O) groups is 1. The predicted octanol–water partition coefficient (Wildman–Crippen LogP) is 3.19. The summed E-state index contributed by atoms with van der Waals surface area (Å²) in [6, 6.07) is 12.5. The summed E-state index contributed by atoms with van der Waals surface area (Å²) in [5.74, 6) is 1.86. The van der Waals surface area contributed by atoms with Gasteiger partial charge in [-0.15, -0.1) is 0 Å². The number of hydrogen-bond donors (Lipinski definition) is 2. The van der Waals surface area contributed by atoms with E-state index in [2.05, 4.69) is 14.9 Å². The van der Waals surface area contributed by atoms with E-state index < -0.39 is 22.0 Å². The van der Waals surface area contributed by atoms with Gasteiger partial charge in [0.2, 0.25) is 15.9 Å². The summed E-state index contributed by atoms with van der Waals surface area (Å²) in [5.41, 5.74) is 1.76. The first-order valence-corrected chi connectivity index (χ1v) is 12.3. The third kappa shape index (κ3) is 6.45. The minimum atomic E-state index is -3.82. The van der Waals surface area contributed by atoms with Crippen LogP contribution in [-0.2, 0) is 21.4 Å².